The molecule has 0 radical (unpaired) electrons. The monoisotopic (exact) mass is 292 g/mol. The molecule has 0 rings (SSSR count). The predicted molar refractivity (Wildman–Crippen MR) is 80.8 cm³/mol. The van der Waals surface area contributed by atoms with Crippen molar-refractivity contribution in [3.63, 3.8) is 0 Å². The van der Waals surface area contributed by atoms with E-state index in [9.17, 15) is 0 Å². The maximum Gasteiger partial charge on any atom is 0.334 e. The molecular formula is C14H32O4Si. The molecule has 0 bridgehead atoms. The third kappa shape index (κ3) is 11.6. The summed E-state index contributed by atoms with van der Waals surface area (Å²) >= 11 is 0. The molecule has 0 saturated carbocycles. The van der Waals surface area contributed by atoms with Gasteiger partial charge >= 0.3 is 8.56 Å². The summed E-state index contributed by atoms with van der Waals surface area (Å²) in [6, 6.07) is 0.991. The van der Waals surface area contributed by atoms with E-state index in [2.05, 4.69) is 13.5 Å². The highest BCUT2D eigenvalue weighted by Gasteiger charge is 2.29. The van der Waals surface area contributed by atoms with Crippen molar-refractivity contribution in [2.45, 2.75) is 52.6 Å². The Morgan fingerprint density at radius 1 is 0.737 bits per heavy atom. The van der Waals surface area contributed by atoms with Crippen LogP contribution in [-0.2, 0) is 18.3 Å². The second kappa shape index (κ2) is 13.1. The highest BCUT2D eigenvalue weighted by atomic mass is 28.4. The van der Waals surface area contributed by atoms with Gasteiger partial charge in [0.25, 0.3) is 0 Å². The van der Waals surface area contributed by atoms with Gasteiger partial charge in [-0.15, -0.1) is 0 Å². The van der Waals surface area contributed by atoms with Crippen LogP contribution in [0.25, 0.3) is 0 Å². The van der Waals surface area contributed by atoms with Gasteiger partial charge in [0, 0.05) is 26.4 Å². The third-order valence-corrected chi connectivity index (χ3v) is 5.89. The first kappa shape index (κ1) is 19.1. The van der Waals surface area contributed by atoms with Crippen LogP contribution in [0.1, 0.15) is 40.0 Å². The Labute approximate surface area is 120 Å². The van der Waals surface area contributed by atoms with Gasteiger partial charge in [-0.1, -0.05) is 13.3 Å². The second-order valence-electron chi connectivity index (χ2n) is 4.68. The molecule has 19 heavy (non-hydrogen) atoms. The van der Waals surface area contributed by atoms with Crippen molar-refractivity contribution in [3.05, 3.63) is 0 Å². The molecule has 0 fully saturated rings. The lowest BCUT2D eigenvalue weighted by Gasteiger charge is -2.25. The molecule has 0 saturated heterocycles. The molecule has 5 heteroatoms. The molecule has 0 aliphatic heterocycles. The number of hydrogen-bond donors (Lipinski definition) is 0. The minimum absolute atomic E-state index is 0.686. The van der Waals surface area contributed by atoms with Crippen LogP contribution in [0, 0.1) is 0 Å². The van der Waals surface area contributed by atoms with Crippen LogP contribution in [0.15, 0.2) is 0 Å². The molecule has 0 unspecified atom stereocenters. The molecule has 0 amide bonds. The van der Waals surface area contributed by atoms with E-state index in [4.69, 9.17) is 18.3 Å². The van der Waals surface area contributed by atoms with Gasteiger partial charge in [-0.25, -0.2) is 0 Å². The summed E-state index contributed by atoms with van der Waals surface area (Å²) in [6.45, 7) is 12.8. The SMILES string of the molecule is CCCCOCCOCCC[Si](C)(OCC)OCC. The van der Waals surface area contributed by atoms with Gasteiger partial charge in [0.1, 0.15) is 0 Å². The Hall–Kier alpha value is 0.0569. The maximum atomic E-state index is 5.78. The van der Waals surface area contributed by atoms with E-state index in [1.807, 2.05) is 13.8 Å². The average molecular weight is 292 g/mol. The van der Waals surface area contributed by atoms with Crippen molar-refractivity contribution in [2.75, 3.05) is 39.6 Å². The Kier molecular flexibility index (Phi) is 13.1. The van der Waals surface area contributed by atoms with Crippen LogP contribution in [-0.4, -0.2) is 48.2 Å². The Morgan fingerprint density at radius 3 is 1.74 bits per heavy atom. The van der Waals surface area contributed by atoms with Crippen LogP contribution in [0.3, 0.4) is 0 Å². The topological polar surface area (TPSA) is 36.9 Å². The molecule has 0 aromatic rings. The van der Waals surface area contributed by atoms with Gasteiger partial charge in [0.2, 0.25) is 0 Å². The number of unbranched alkanes of at least 4 members (excludes halogenated alkanes) is 1. The first-order valence-corrected chi connectivity index (χ1v) is 10.1. The molecular weight excluding hydrogens is 260 g/mol. The van der Waals surface area contributed by atoms with E-state index in [1.165, 1.54) is 6.42 Å². The lowest BCUT2D eigenvalue weighted by Crippen LogP contribution is -2.38. The zero-order valence-electron chi connectivity index (χ0n) is 13.2. The maximum absolute atomic E-state index is 5.78. The zero-order valence-corrected chi connectivity index (χ0v) is 14.2. The molecule has 116 valence electrons. The quantitative estimate of drug-likeness (QED) is 0.363. The van der Waals surface area contributed by atoms with Gasteiger partial charge in [0.05, 0.1) is 13.2 Å². The molecule has 0 aromatic carbocycles. The normalized spacial score (nSPS) is 12.0. The lowest BCUT2D eigenvalue weighted by molar-refractivity contribution is 0.0461. The van der Waals surface area contributed by atoms with Gasteiger partial charge in [-0.05, 0) is 39.3 Å². The molecule has 0 atom stereocenters. The molecule has 0 spiro atoms. The first-order chi connectivity index (χ1) is 9.18. The fourth-order valence-corrected chi connectivity index (χ4v) is 4.24. The number of ether oxygens (including phenoxy) is 2. The van der Waals surface area contributed by atoms with E-state index in [0.717, 1.165) is 45.3 Å². The molecule has 4 nitrogen and oxygen atoms in total. The van der Waals surface area contributed by atoms with E-state index in [-0.39, 0.29) is 0 Å². The average Bonchev–Trinajstić information content (AvgIpc) is 2.37. The summed E-state index contributed by atoms with van der Waals surface area (Å²) in [5, 5.41) is 0. The minimum atomic E-state index is -1.95. The smallest absolute Gasteiger partial charge is 0.334 e. The lowest BCUT2D eigenvalue weighted by atomic mass is 10.4. The van der Waals surface area contributed by atoms with E-state index >= 15 is 0 Å². The number of hydrogen-bond acceptors (Lipinski definition) is 4. The van der Waals surface area contributed by atoms with Gasteiger partial charge in [-0.2, -0.15) is 0 Å². The summed E-state index contributed by atoms with van der Waals surface area (Å²) < 4.78 is 22.5. The van der Waals surface area contributed by atoms with Crippen LogP contribution >= 0.6 is 0 Å². The largest absolute Gasteiger partial charge is 0.395 e. The van der Waals surface area contributed by atoms with Crippen molar-refractivity contribution in [3.8, 4) is 0 Å². The fraction of sp³-hybridized carbons (Fsp3) is 1.00. The Morgan fingerprint density at radius 2 is 1.26 bits per heavy atom. The van der Waals surface area contributed by atoms with Gasteiger partial charge in [-0.3, -0.25) is 0 Å². The highest BCUT2D eigenvalue weighted by molar-refractivity contribution is 6.66. The van der Waals surface area contributed by atoms with E-state index in [0.29, 0.717) is 13.2 Å². The standard InChI is InChI=1S/C14H32O4Si/c1-5-8-10-15-12-13-16-11-9-14-19(4,17-6-2)18-7-3/h5-14H2,1-4H3. The van der Waals surface area contributed by atoms with Crippen LogP contribution in [0.2, 0.25) is 12.6 Å². The predicted octanol–water partition coefficient (Wildman–Crippen LogP) is 3.35. The molecule has 0 N–H and O–H groups in total. The van der Waals surface area contributed by atoms with E-state index in [1.54, 1.807) is 0 Å². The molecule has 0 aliphatic rings. The summed E-state index contributed by atoms with van der Waals surface area (Å²) in [6.07, 6.45) is 3.31. The minimum Gasteiger partial charge on any atom is -0.395 e. The van der Waals surface area contributed by atoms with Gasteiger partial charge in [0.15, 0.2) is 0 Å². The van der Waals surface area contributed by atoms with Crippen molar-refractivity contribution in [1.29, 1.82) is 0 Å². The zero-order chi connectivity index (χ0) is 14.4. The van der Waals surface area contributed by atoms with Crippen molar-refractivity contribution in [2.24, 2.45) is 0 Å². The summed E-state index contributed by atoms with van der Waals surface area (Å²) in [7, 11) is -1.95. The summed E-state index contributed by atoms with van der Waals surface area (Å²) in [5.74, 6) is 0. The summed E-state index contributed by atoms with van der Waals surface area (Å²) in [4.78, 5) is 0. The molecule has 0 heterocycles. The summed E-state index contributed by atoms with van der Waals surface area (Å²) in [5.41, 5.74) is 0. The van der Waals surface area contributed by atoms with Crippen LogP contribution < -0.4 is 0 Å². The van der Waals surface area contributed by atoms with Gasteiger partial charge < -0.3 is 18.3 Å². The highest BCUT2D eigenvalue weighted by Crippen LogP contribution is 2.15. The Balaban J connectivity index is 3.44. The number of rotatable bonds is 14. The second-order valence-corrected chi connectivity index (χ2v) is 8.03. The van der Waals surface area contributed by atoms with Crippen molar-refractivity contribution in [1.82, 2.24) is 0 Å². The molecule has 0 aliphatic carbocycles. The third-order valence-electron chi connectivity index (χ3n) is 2.83. The first-order valence-electron chi connectivity index (χ1n) is 7.62. The van der Waals surface area contributed by atoms with Crippen molar-refractivity contribution >= 4 is 8.56 Å². The van der Waals surface area contributed by atoms with Crippen LogP contribution in [0.5, 0.6) is 0 Å². The van der Waals surface area contributed by atoms with E-state index < -0.39 is 8.56 Å². The molecule has 0 aromatic heterocycles. The van der Waals surface area contributed by atoms with Crippen molar-refractivity contribution < 1.29 is 18.3 Å². The Bertz CT molecular complexity index is 184. The van der Waals surface area contributed by atoms with Crippen LogP contribution in [0.4, 0.5) is 0 Å². The fourth-order valence-electron chi connectivity index (χ4n) is 1.86.